The van der Waals surface area contributed by atoms with Gasteiger partial charge in [0.05, 0.1) is 6.61 Å². The van der Waals surface area contributed by atoms with Crippen molar-refractivity contribution in [1.82, 2.24) is 25.4 Å². The van der Waals surface area contributed by atoms with Gasteiger partial charge in [-0.3, -0.25) is 4.99 Å². The van der Waals surface area contributed by atoms with Crippen LogP contribution in [0.5, 0.6) is 0 Å². The second-order valence-corrected chi connectivity index (χ2v) is 6.25. The molecule has 0 saturated heterocycles. The first-order chi connectivity index (χ1) is 12.2. The minimum atomic E-state index is 0.658. The maximum atomic E-state index is 5.12. The molecule has 0 saturated carbocycles. The summed E-state index contributed by atoms with van der Waals surface area (Å²) in [6.07, 6.45) is 7.63. The van der Waals surface area contributed by atoms with E-state index in [4.69, 9.17) is 9.73 Å². The number of nitrogens with zero attached hydrogens (tertiary/aromatic N) is 4. The van der Waals surface area contributed by atoms with Crippen LogP contribution in [0.4, 0.5) is 0 Å². The molecule has 144 valence electrons. The molecule has 0 aromatic carbocycles. The van der Waals surface area contributed by atoms with Crippen molar-refractivity contribution in [3.63, 3.8) is 0 Å². The molecule has 0 radical (unpaired) electrons. The van der Waals surface area contributed by atoms with Gasteiger partial charge in [-0.2, -0.15) is 0 Å². The Bertz CT molecular complexity index is 474. The molecule has 0 aliphatic rings. The number of hydrogen-bond donors (Lipinski definition) is 2. The Morgan fingerprint density at radius 1 is 1.28 bits per heavy atom. The summed E-state index contributed by atoms with van der Waals surface area (Å²) >= 11 is 0. The summed E-state index contributed by atoms with van der Waals surface area (Å²) in [6, 6.07) is 0. The van der Waals surface area contributed by atoms with E-state index in [9.17, 15) is 0 Å². The molecule has 0 spiro atoms. The van der Waals surface area contributed by atoms with Crippen LogP contribution in [0.1, 0.15) is 52.3 Å². The number of hydrogen-bond acceptors (Lipinski definition) is 4. The molecule has 1 rings (SSSR count). The number of ether oxygens (including phenoxy) is 1. The average molecular weight is 353 g/mol. The first-order valence-corrected chi connectivity index (χ1v) is 9.62. The van der Waals surface area contributed by atoms with Gasteiger partial charge in [0.25, 0.3) is 0 Å². The number of unbranched alkanes of at least 4 members (excludes halogenated alkanes) is 1. The maximum Gasteiger partial charge on any atom is 0.191 e. The van der Waals surface area contributed by atoms with Gasteiger partial charge in [-0.1, -0.05) is 40.0 Å². The van der Waals surface area contributed by atoms with E-state index in [2.05, 4.69) is 46.2 Å². The van der Waals surface area contributed by atoms with E-state index in [0.29, 0.717) is 12.5 Å². The second kappa shape index (κ2) is 13.6. The lowest BCUT2D eigenvalue weighted by Crippen LogP contribution is -2.40. The van der Waals surface area contributed by atoms with E-state index in [0.717, 1.165) is 44.4 Å². The van der Waals surface area contributed by atoms with Crippen LogP contribution < -0.4 is 10.6 Å². The molecule has 0 aliphatic heterocycles. The van der Waals surface area contributed by atoms with Gasteiger partial charge in [0.2, 0.25) is 0 Å². The quantitative estimate of drug-likeness (QED) is 0.323. The molecule has 1 heterocycles. The predicted molar refractivity (Wildman–Crippen MR) is 103 cm³/mol. The lowest BCUT2D eigenvalue weighted by atomic mass is 10.00. The monoisotopic (exact) mass is 352 g/mol. The molecule has 0 fully saturated rings. The van der Waals surface area contributed by atoms with Crippen molar-refractivity contribution in [3.8, 4) is 0 Å². The van der Waals surface area contributed by atoms with E-state index in [1.54, 1.807) is 13.4 Å². The smallest absolute Gasteiger partial charge is 0.191 e. The molecule has 0 amide bonds. The number of aliphatic imine (C=N–C) groups is 1. The Balaban J connectivity index is 2.51. The number of aryl methyl sites for hydroxylation is 1. The third-order valence-electron chi connectivity index (χ3n) is 4.31. The van der Waals surface area contributed by atoms with Gasteiger partial charge in [-0.05, 0) is 12.3 Å². The van der Waals surface area contributed by atoms with E-state index in [1.165, 1.54) is 25.7 Å². The summed E-state index contributed by atoms with van der Waals surface area (Å²) in [5, 5.41) is 14.8. The fourth-order valence-electron chi connectivity index (χ4n) is 2.62. The highest BCUT2D eigenvalue weighted by molar-refractivity contribution is 5.79. The fourth-order valence-corrected chi connectivity index (χ4v) is 2.62. The second-order valence-electron chi connectivity index (χ2n) is 6.25. The summed E-state index contributed by atoms with van der Waals surface area (Å²) < 4.78 is 7.20. The predicted octanol–water partition coefficient (Wildman–Crippen LogP) is 2.24. The number of nitrogens with one attached hydrogen (secondary N) is 2. The van der Waals surface area contributed by atoms with Crippen molar-refractivity contribution in [2.75, 3.05) is 33.4 Å². The number of aromatic nitrogens is 3. The molecule has 25 heavy (non-hydrogen) atoms. The van der Waals surface area contributed by atoms with Crippen LogP contribution in [-0.2, 0) is 17.7 Å². The van der Waals surface area contributed by atoms with Crippen molar-refractivity contribution in [2.45, 2.75) is 59.4 Å². The highest BCUT2D eigenvalue weighted by atomic mass is 16.5. The summed E-state index contributed by atoms with van der Waals surface area (Å²) in [4.78, 5) is 4.78. The van der Waals surface area contributed by atoms with Crippen LogP contribution in [0.15, 0.2) is 11.3 Å². The molecule has 7 heteroatoms. The number of rotatable bonds is 13. The van der Waals surface area contributed by atoms with Gasteiger partial charge in [-0.25, -0.2) is 0 Å². The fraction of sp³-hybridized carbons (Fsp3) is 0.833. The Morgan fingerprint density at radius 2 is 2.08 bits per heavy atom. The minimum absolute atomic E-state index is 0.658. The Morgan fingerprint density at radius 3 is 2.76 bits per heavy atom. The summed E-state index contributed by atoms with van der Waals surface area (Å²) in [5.41, 5.74) is 0. The standard InChI is InChI=1S/C18H36N6O/c1-5-8-9-16(6-2)14-21-18(20-11-13-25-4)19-10-12-24-15-22-23-17(24)7-3/h15-16H,5-14H2,1-4H3,(H2,19,20,21). The minimum Gasteiger partial charge on any atom is -0.383 e. The lowest BCUT2D eigenvalue weighted by Gasteiger charge is -2.16. The lowest BCUT2D eigenvalue weighted by molar-refractivity contribution is 0.203. The molecule has 7 nitrogen and oxygen atoms in total. The maximum absolute atomic E-state index is 5.12. The van der Waals surface area contributed by atoms with Crippen molar-refractivity contribution >= 4 is 5.96 Å². The topological polar surface area (TPSA) is 76.4 Å². The van der Waals surface area contributed by atoms with Crippen molar-refractivity contribution < 1.29 is 4.74 Å². The molecular weight excluding hydrogens is 316 g/mol. The van der Waals surface area contributed by atoms with Crippen molar-refractivity contribution in [1.29, 1.82) is 0 Å². The van der Waals surface area contributed by atoms with E-state index in [-0.39, 0.29) is 0 Å². The van der Waals surface area contributed by atoms with Gasteiger partial charge in [0, 0.05) is 39.7 Å². The van der Waals surface area contributed by atoms with Crippen LogP contribution in [0.2, 0.25) is 0 Å². The van der Waals surface area contributed by atoms with Crippen molar-refractivity contribution in [2.24, 2.45) is 10.9 Å². The molecule has 1 unspecified atom stereocenters. The Hall–Kier alpha value is -1.63. The third kappa shape index (κ3) is 8.86. The first kappa shape index (κ1) is 21.4. The summed E-state index contributed by atoms with van der Waals surface area (Å²) in [6.45, 7) is 10.5. The first-order valence-electron chi connectivity index (χ1n) is 9.62. The van der Waals surface area contributed by atoms with Gasteiger partial charge in [-0.15, -0.1) is 10.2 Å². The summed E-state index contributed by atoms with van der Waals surface area (Å²) in [5.74, 6) is 2.53. The van der Waals surface area contributed by atoms with Crippen LogP contribution in [0, 0.1) is 5.92 Å². The molecule has 1 aromatic heterocycles. The van der Waals surface area contributed by atoms with Crippen LogP contribution >= 0.6 is 0 Å². The SMILES string of the molecule is CCCCC(CC)CN=C(NCCOC)NCCn1cnnc1CC. The number of methoxy groups -OCH3 is 1. The Labute approximate surface area is 152 Å². The van der Waals surface area contributed by atoms with E-state index < -0.39 is 0 Å². The molecule has 2 N–H and O–H groups in total. The number of guanidine groups is 1. The van der Waals surface area contributed by atoms with Crippen LogP contribution in [-0.4, -0.2) is 54.1 Å². The molecule has 1 atom stereocenters. The zero-order chi connectivity index (χ0) is 18.3. The molecule has 1 aromatic rings. The van der Waals surface area contributed by atoms with E-state index in [1.807, 2.05) is 0 Å². The van der Waals surface area contributed by atoms with E-state index >= 15 is 0 Å². The molecule has 0 aliphatic carbocycles. The van der Waals surface area contributed by atoms with Crippen LogP contribution in [0.3, 0.4) is 0 Å². The highest BCUT2D eigenvalue weighted by Gasteiger charge is 2.07. The van der Waals surface area contributed by atoms with Gasteiger partial charge >= 0.3 is 0 Å². The molecule has 0 bridgehead atoms. The van der Waals surface area contributed by atoms with Gasteiger partial charge < -0.3 is 19.9 Å². The van der Waals surface area contributed by atoms with Crippen molar-refractivity contribution in [3.05, 3.63) is 12.2 Å². The normalized spacial score (nSPS) is 13.0. The Kier molecular flexibility index (Phi) is 11.7. The van der Waals surface area contributed by atoms with Gasteiger partial charge in [0.1, 0.15) is 12.2 Å². The van der Waals surface area contributed by atoms with Crippen LogP contribution in [0.25, 0.3) is 0 Å². The zero-order valence-corrected chi connectivity index (χ0v) is 16.4. The molecular formula is C18H36N6O. The average Bonchev–Trinajstić information content (AvgIpc) is 3.09. The van der Waals surface area contributed by atoms with Gasteiger partial charge in [0.15, 0.2) is 5.96 Å². The highest BCUT2D eigenvalue weighted by Crippen LogP contribution is 2.12. The largest absolute Gasteiger partial charge is 0.383 e. The third-order valence-corrected chi connectivity index (χ3v) is 4.31. The zero-order valence-electron chi connectivity index (χ0n) is 16.4. The summed E-state index contributed by atoms with van der Waals surface area (Å²) in [7, 11) is 1.71.